The van der Waals surface area contributed by atoms with Crippen LogP contribution in [0.1, 0.15) is 45.6 Å². The van der Waals surface area contributed by atoms with Crippen molar-refractivity contribution in [1.82, 2.24) is 39.9 Å². The molecule has 0 atom stereocenters. The van der Waals surface area contributed by atoms with Crippen LogP contribution in [0.25, 0.3) is 22.8 Å². The molecule has 0 aliphatic carbocycles. The SMILES string of the molecule is CO.N/C(=N\N=C(/N)c1cccc(-c2cccc(/C(N)=N/N=C(\N)c3ccccn3)n2)n1)c1ccccn1.N/C(=N\N=C(/N)c1cccc(-c2cccc(/C(N)=N/N=C(\N)c3ccccn3)n2)n1)c1ccccn1.O.O.[Mn+2].[O-][Cl+3]([O-])([O-])[O-].[O-][Cl+3]([O-])([O-])[O-]. The Hall–Kier alpha value is -10.4. The molecule has 0 spiro atoms. The Bertz CT molecular complexity index is 3170. The average Bonchev–Trinajstić information content (AvgIpc) is 2.06. The van der Waals surface area contributed by atoms with Crippen LogP contribution in [-0.2, 0) is 17.1 Å². The summed E-state index contributed by atoms with van der Waals surface area (Å²) in [7, 11) is -8.89. The Morgan fingerprint density at radius 1 is 0.287 bits per heavy atom. The van der Waals surface area contributed by atoms with Crippen molar-refractivity contribution in [3.8, 4) is 22.8 Å². The van der Waals surface area contributed by atoms with Crippen LogP contribution in [0.3, 0.4) is 0 Å². The number of amidine groups is 8. The first-order chi connectivity index (χ1) is 40.0. The summed E-state index contributed by atoms with van der Waals surface area (Å²) in [4.78, 5) is 34.6. The number of hydrogen-bond acceptors (Lipinski definition) is 25. The van der Waals surface area contributed by atoms with E-state index in [0.717, 1.165) is 7.11 Å². The molecule has 0 bridgehead atoms. The molecule has 0 aliphatic heterocycles. The fraction of sp³-hybridized carbons (Fsp3) is 0.0204. The molecule has 8 aromatic rings. The van der Waals surface area contributed by atoms with Gasteiger partial charge in [-0.1, -0.05) is 48.5 Å². The van der Waals surface area contributed by atoms with Gasteiger partial charge in [0.2, 0.25) is 0 Å². The molecule has 38 heteroatoms. The van der Waals surface area contributed by atoms with E-state index >= 15 is 0 Å². The van der Waals surface area contributed by atoms with E-state index in [1.54, 1.807) is 170 Å². The monoisotopic (exact) mass is 1280 g/mol. The van der Waals surface area contributed by atoms with E-state index in [0.29, 0.717) is 68.3 Å². The first kappa shape index (κ1) is 74.6. The summed E-state index contributed by atoms with van der Waals surface area (Å²) in [6.07, 6.45) is 6.43. The standard InChI is InChI=1S/2C24H22N12.CH4O.2ClHO4.Mn.2H2O/c2*25-21(17-7-1-3-13-29-17)33-35-23(27)19-11-5-9-15(31-19)16-10-6-12-20(32-16)24(28)36-34-22(26)18-8-2-4-14-30-18;1-2;2*2-1(3,4)5;;;/h2*1-14H,(H2,25,33)(H2,26,34)(H2,27,35)(H2,28,36);2H,1H3;2*(H,2,3,4,5);;2*1H2/q;;;;;+2;;/p-2. The molecule has 0 saturated heterocycles. The van der Waals surface area contributed by atoms with E-state index < -0.39 is 20.5 Å². The normalized spacial score (nSPS) is 12.2. The first-order valence-electron chi connectivity index (χ1n) is 22.9. The van der Waals surface area contributed by atoms with Gasteiger partial charge >= 0.3 is 17.1 Å². The summed E-state index contributed by atoms with van der Waals surface area (Å²) < 4.78 is 67.9. The summed E-state index contributed by atoms with van der Waals surface area (Å²) >= 11 is 0. The molecule has 0 aliphatic rings. The molecule has 0 unspecified atom stereocenters. The Kier molecular flexibility index (Phi) is 32.4. The topological polar surface area (TPSA) is 678 Å². The van der Waals surface area contributed by atoms with Crippen molar-refractivity contribution in [3.05, 3.63) is 216 Å². The molecule has 8 aromatic heterocycles. The molecule has 0 amide bonds. The van der Waals surface area contributed by atoms with Gasteiger partial charge in [-0.25, -0.2) is 57.2 Å². The largest absolute Gasteiger partial charge is 2.00 e. The number of hydrogen-bond donors (Lipinski definition) is 9. The van der Waals surface area contributed by atoms with E-state index in [4.69, 9.17) is 88.2 Å². The molecule has 21 N–H and O–H groups in total. The summed E-state index contributed by atoms with van der Waals surface area (Å²) in [5.41, 5.74) is 53.7. The van der Waals surface area contributed by atoms with Crippen LogP contribution in [-0.4, -0.2) is 110 Å². The molecule has 8 heterocycles. The number of pyridine rings is 8. The first-order valence-corrected chi connectivity index (χ1v) is 25.4. The molecule has 1 radical (unpaired) electrons. The van der Waals surface area contributed by atoms with Crippen molar-refractivity contribution in [2.75, 3.05) is 7.11 Å². The van der Waals surface area contributed by atoms with Crippen LogP contribution in [0.2, 0.25) is 0 Å². The number of aliphatic hydroxyl groups is 1. The van der Waals surface area contributed by atoms with E-state index in [1.807, 2.05) is 0 Å². The molecule has 35 nitrogen and oxygen atoms in total. The van der Waals surface area contributed by atoms with Crippen LogP contribution in [0.4, 0.5) is 0 Å². The number of aliphatic hydroxyl groups excluding tert-OH is 1. The number of halogens is 2. The maximum Gasteiger partial charge on any atom is 2.00 e. The van der Waals surface area contributed by atoms with E-state index in [1.165, 1.54) is 0 Å². The second kappa shape index (κ2) is 37.7. The van der Waals surface area contributed by atoms with Crippen LogP contribution in [0.5, 0.6) is 0 Å². The van der Waals surface area contributed by atoms with Crippen molar-refractivity contribution in [2.24, 2.45) is 86.7 Å². The fourth-order valence-corrected chi connectivity index (χ4v) is 5.78. The summed E-state index contributed by atoms with van der Waals surface area (Å²) in [6.45, 7) is 0. The maximum absolute atomic E-state index is 8.49. The predicted octanol–water partition coefficient (Wildman–Crippen LogP) is -9.59. The van der Waals surface area contributed by atoms with Gasteiger partial charge < -0.3 is 61.9 Å². The second-order valence-electron chi connectivity index (χ2n) is 15.1. The molecular weight excluding hydrogens is 1230 g/mol. The van der Waals surface area contributed by atoms with Gasteiger partial charge in [-0.05, 0) is 97.1 Å². The van der Waals surface area contributed by atoms with Crippen LogP contribution >= 0.6 is 0 Å². The predicted molar refractivity (Wildman–Crippen MR) is 293 cm³/mol. The van der Waals surface area contributed by atoms with Crippen LogP contribution in [0, 0.1) is 20.5 Å². The van der Waals surface area contributed by atoms with Crippen molar-refractivity contribution >= 4 is 46.7 Å². The third kappa shape index (κ3) is 27.7. The zero-order chi connectivity index (χ0) is 61.7. The summed E-state index contributed by atoms with van der Waals surface area (Å²) in [5.74, 6) is 0.824. The number of nitrogens with two attached hydrogens (primary N) is 8. The quantitative estimate of drug-likeness (QED) is 0.0211. The average molecular weight is 1280 g/mol. The summed E-state index contributed by atoms with van der Waals surface area (Å²) in [5, 5.41) is 38.7. The smallest absolute Gasteiger partial charge is 0.412 e. The molecule has 0 saturated carbocycles. The van der Waals surface area contributed by atoms with Gasteiger partial charge in [0.15, 0.2) is 46.7 Å². The van der Waals surface area contributed by atoms with Gasteiger partial charge in [0.1, 0.15) is 45.6 Å². The molecule has 87 heavy (non-hydrogen) atoms. The van der Waals surface area contributed by atoms with Gasteiger partial charge in [0.05, 0.1) is 22.8 Å². The summed E-state index contributed by atoms with van der Waals surface area (Å²) in [6, 6.07) is 42.1. The Morgan fingerprint density at radius 3 is 0.586 bits per heavy atom. The van der Waals surface area contributed by atoms with Crippen molar-refractivity contribution in [1.29, 1.82) is 0 Å². The van der Waals surface area contributed by atoms with Gasteiger partial charge in [-0.3, -0.25) is 19.9 Å². The zero-order valence-corrected chi connectivity index (χ0v) is 47.5. The minimum Gasteiger partial charge on any atom is -0.412 e. The Labute approximate surface area is 507 Å². The number of rotatable bonds is 14. The van der Waals surface area contributed by atoms with Crippen molar-refractivity contribution in [2.45, 2.75) is 0 Å². The van der Waals surface area contributed by atoms with Crippen LogP contribution in [0.15, 0.2) is 211 Å². The number of nitrogens with zero attached hydrogens (tertiary/aromatic N) is 16. The van der Waals surface area contributed by atoms with E-state index in [9.17, 15) is 0 Å². The van der Waals surface area contributed by atoms with Gasteiger partial charge in [-0.15, -0.1) is 61.3 Å². The van der Waals surface area contributed by atoms with Gasteiger partial charge in [0, 0.05) is 31.9 Å². The van der Waals surface area contributed by atoms with E-state index in [-0.39, 0.29) is 74.7 Å². The Morgan fingerprint density at radius 2 is 0.437 bits per heavy atom. The third-order valence-corrected chi connectivity index (χ3v) is 9.34. The van der Waals surface area contributed by atoms with Crippen molar-refractivity contribution < 1.29 is 90.9 Å². The third-order valence-electron chi connectivity index (χ3n) is 9.34. The fourth-order valence-electron chi connectivity index (χ4n) is 5.78. The zero-order valence-electron chi connectivity index (χ0n) is 44.8. The van der Waals surface area contributed by atoms with Gasteiger partial charge in [-0.2, -0.15) is 0 Å². The minimum atomic E-state index is -4.94. The maximum atomic E-state index is 8.49. The number of aromatic nitrogens is 8. The van der Waals surface area contributed by atoms with Crippen LogP contribution < -0.4 is 83.1 Å². The molecule has 455 valence electrons. The Balaban J connectivity index is 0.000000713. The molecule has 0 aromatic carbocycles. The molecule has 0 fully saturated rings. The molecular formula is C49H52Cl2MnN24O11. The van der Waals surface area contributed by atoms with Gasteiger partial charge in [0.25, 0.3) is 0 Å². The van der Waals surface area contributed by atoms with Crippen molar-refractivity contribution in [3.63, 3.8) is 0 Å². The van der Waals surface area contributed by atoms with E-state index in [2.05, 4.69) is 80.7 Å². The second-order valence-corrected chi connectivity index (χ2v) is 16.6. The minimum absolute atomic E-state index is 0. The molecule has 8 rings (SSSR count).